The highest BCUT2D eigenvalue weighted by atomic mass is 32.2. The summed E-state index contributed by atoms with van der Waals surface area (Å²) in [6.07, 6.45) is 0. The molecule has 2 nitrogen and oxygen atoms in total. The van der Waals surface area contributed by atoms with Crippen LogP contribution in [0, 0.1) is 0 Å². The van der Waals surface area contributed by atoms with Crippen molar-refractivity contribution in [2.75, 3.05) is 38.5 Å². The fourth-order valence-corrected chi connectivity index (χ4v) is 4.10. The lowest BCUT2D eigenvalue weighted by Crippen LogP contribution is -2.49. The average molecular weight is 292 g/mol. The second-order valence-corrected chi connectivity index (χ2v) is 7.67. The van der Waals surface area contributed by atoms with Gasteiger partial charge in [-0.05, 0) is 12.1 Å². The summed E-state index contributed by atoms with van der Waals surface area (Å²) in [5.74, 6) is 1.27. The van der Waals surface area contributed by atoms with Gasteiger partial charge in [0.1, 0.15) is 0 Å². The number of likely N-dealkylation sites (N-methyl/N-ethyl adjacent to an activating group) is 1. The van der Waals surface area contributed by atoms with E-state index in [-0.39, 0.29) is 5.41 Å². The highest BCUT2D eigenvalue weighted by Gasteiger charge is 2.30. The Bertz CT molecular complexity index is 395. The van der Waals surface area contributed by atoms with Crippen molar-refractivity contribution >= 4 is 11.8 Å². The van der Waals surface area contributed by atoms with Crippen LogP contribution in [0.4, 0.5) is 0 Å². The van der Waals surface area contributed by atoms with Gasteiger partial charge in [0.15, 0.2) is 0 Å². The fraction of sp³-hybridized carbons (Fsp3) is 0.647. The van der Waals surface area contributed by atoms with Gasteiger partial charge in [0.05, 0.1) is 0 Å². The van der Waals surface area contributed by atoms with Crippen molar-refractivity contribution in [2.24, 2.45) is 0 Å². The molecule has 0 saturated carbocycles. The van der Waals surface area contributed by atoms with E-state index in [9.17, 15) is 0 Å². The molecule has 1 fully saturated rings. The first kappa shape index (κ1) is 15.9. The lowest BCUT2D eigenvalue weighted by molar-refractivity contribution is 0.219. The maximum Gasteiger partial charge on any atom is 0.0177 e. The predicted octanol–water partition coefficient (Wildman–Crippen LogP) is 2.99. The van der Waals surface area contributed by atoms with Crippen molar-refractivity contribution in [3.8, 4) is 0 Å². The molecule has 0 bridgehead atoms. The van der Waals surface area contributed by atoms with E-state index in [2.05, 4.69) is 73.1 Å². The summed E-state index contributed by atoms with van der Waals surface area (Å²) < 4.78 is 0. The Balaban J connectivity index is 2.10. The zero-order valence-electron chi connectivity index (χ0n) is 13.1. The van der Waals surface area contributed by atoms with Crippen LogP contribution in [-0.4, -0.2) is 48.6 Å². The predicted molar refractivity (Wildman–Crippen MR) is 90.7 cm³/mol. The van der Waals surface area contributed by atoms with E-state index in [0.717, 1.165) is 24.9 Å². The summed E-state index contributed by atoms with van der Waals surface area (Å²) in [5, 5.41) is 4.32. The van der Waals surface area contributed by atoms with Gasteiger partial charge in [0.25, 0.3) is 0 Å². The zero-order valence-corrected chi connectivity index (χ0v) is 13.9. The van der Waals surface area contributed by atoms with E-state index in [1.807, 2.05) is 0 Å². The molecule has 1 saturated heterocycles. The zero-order chi connectivity index (χ0) is 14.4. The van der Waals surface area contributed by atoms with E-state index < -0.39 is 0 Å². The third-order valence-electron chi connectivity index (χ3n) is 4.13. The summed E-state index contributed by atoms with van der Waals surface area (Å²) in [6.45, 7) is 12.6. The van der Waals surface area contributed by atoms with Crippen molar-refractivity contribution in [3.63, 3.8) is 0 Å². The molecule has 1 N–H and O–H groups in total. The van der Waals surface area contributed by atoms with Crippen LogP contribution < -0.4 is 5.32 Å². The molecule has 3 heteroatoms. The summed E-state index contributed by atoms with van der Waals surface area (Å²) in [6, 6.07) is 11.0. The average Bonchev–Trinajstić information content (AvgIpc) is 2.46. The van der Waals surface area contributed by atoms with Gasteiger partial charge in [-0.1, -0.05) is 51.1 Å². The van der Waals surface area contributed by atoms with E-state index in [0.29, 0.717) is 0 Å². The van der Waals surface area contributed by atoms with Crippen LogP contribution in [0.15, 0.2) is 30.3 Å². The van der Waals surface area contributed by atoms with Gasteiger partial charge in [0, 0.05) is 42.6 Å². The van der Waals surface area contributed by atoms with Gasteiger partial charge < -0.3 is 10.2 Å². The number of nitrogens with one attached hydrogen (secondary N) is 1. The maximum absolute atomic E-state index is 3.56. The van der Waals surface area contributed by atoms with Gasteiger partial charge in [-0.3, -0.25) is 0 Å². The first-order chi connectivity index (χ1) is 9.64. The Labute approximate surface area is 128 Å². The third-order valence-corrected chi connectivity index (χ3v) is 5.27. The Kier molecular flexibility index (Phi) is 5.94. The van der Waals surface area contributed by atoms with E-state index in [1.165, 1.54) is 24.4 Å². The van der Waals surface area contributed by atoms with E-state index in [4.69, 9.17) is 0 Å². The lowest BCUT2D eigenvalue weighted by Gasteiger charge is -2.39. The van der Waals surface area contributed by atoms with Gasteiger partial charge in [-0.2, -0.15) is 11.8 Å². The Morgan fingerprint density at radius 1 is 1.35 bits per heavy atom. The molecule has 20 heavy (non-hydrogen) atoms. The van der Waals surface area contributed by atoms with Gasteiger partial charge in [-0.25, -0.2) is 0 Å². The molecule has 2 unspecified atom stereocenters. The monoisotopic (exact) mass is 292 g/mol. The number of thioether (sulfide) groups is 1. The molecule has 112 valence electrons. The van der Waals surface area contributed by atoms with Crippen LogP contribution in [0.3, 0.4) is 0 Å². The Hall–Kier alpha value is -0.510. The SMILES string of the molecule is CCNCC(C)(CN1CCSC(C)C1)c1ccccc1. The van der Waals surface area contributed by atoms with Crippen LogP contribution in [-0.2, 0) is 5.41 Å². The largest absolute Gasteiger partial charge is 0.316 e. The molecule has 1 heterocycles. The van der Waals surface area contributed by atoms with Gasteiger partial charge >= 0.3 is 0 Å². The van der Waals surface area contributed by atoms with Crippen LogP contribution in [0.1, 0.15) is 26.3 Å². The Morgan fingerprint density at radius 3 is 2.75 bits per heavy atom. The summed E-state index contributed by atoms with van der Waals surface area (Å²) >= 11 is 2.10. The topological polar surface area (TPSA) is 15.3 Å². The van der Waals surface area contributed by atoms with Crippen molar-refractivity contribution in [1.82, 2.24) is 10.2 Å². The number of hydrogen-bond acceptors (Lipinski definition) is 3. The van der Waals surface area contributed by atoms with Crippen molar-refractivity contribution < 1.29 is 0 Å². The number of hydrogen-bond donors (Lipinski definition) is 1. The minimum absolute atomic E-state index is 0.193. The maximum atomic E-state index is 3.56. The van der Waals surface area contributed by atoms with Gasteiger partial charge in [-0.15, -0.1) is 0 Å². The lowest BCUT2D eigenvalue weighted by atomic mass is 9.81. The third kappa shape index (κ3) is 4.24. The molecule has 1 aliphatic rings. The molecule has 2 rings (SSSR count). The smallest absolute Gasteiger partial charge is 0.0177 e. The molecule has 2 atom stereocenters. The first-order valence-electron chi connectivity index (χ1n) is 7.74. The molecule has 1 aromatic carbocycles. The van der Waals surface area contributed by atoms with Crippen molar-refractivity contribution in [1.29, 1.82) is 0 Å². The van der Waals surface area contributed by atoms with Crippen LogP contribution in [0.5, 0.6) is 0 Å². The highest BCUT2D eigenvalue weighted by Crippen LogP contribution is 2.27. The van der Waals surface area contributed by atoms with E-state index >= 15 is 0 Å². The minimum atomic E-state index is 0.193. The molecule has 0 aliphatic carbocycles. The van der Waals surface area contributed by atoms with Crippen LogP contribution in [0.25, 0.3) is 0 Å². The van der Waals surface area contributed by atoms with Crippen molar-refractivity contribution in [2.45, 2.75) is 31.4 Å². The molecular formula is C17H28N2S. The molecule has 0 amide bonds. The second kappa shape index (κ2) is 7.48. The highest BCUT2D eigenvalue weighted by molar-refractivity contribution is 7.99. The minimum Gasteiger partial charge on any atom is -0.316 e. The normalized spacial score (nSPS) is 23.4. The fourth-order valence-electron chi connectivity index (χ4n) is 3.02. The number of benzene rings is 1. The summed E-state index contributed by atoms with van der Waals surface area (Å²) in [5.41, 5.74) is 1.64. The first-order valence-corrected chi connectivity index (χ1v) is 8.79. The summed E-state index contributed by atoms with van der Waals surface area (Å²) in [7, 11) is 0. The molecule has 0 spiro atoms. The van der Waals surface area contributed by atoms with E-state index in [1.54, 1.807) is 0 Å². The number of rotatable bonds is 6. The van der Waals surface area contributed by atoms with Crippen LogP contribution in [0.2, 0.25) is 0 Å². The van der Waals surface area contributed by atoms with Crippen LogP contribution >= 0.6 is 11.8 Å². The van der Waals surface area contributed by atoms with Gasteiger partial charge in [0.2, 0.25) is 0 Å². The molecule has 0 aromatic heterocycles. The summed E-state index contributed by atoms with van der Waals surface area (Å²) in [4.78, 5) is 2.64. The standard InChI is InChI=1S/C17H28N2S/c1-4-18-13-17(3,16-8-6-5-7-9-16)14-19-10-11-20-15(2)12-19/h5-9,15,18H,4,10-14H2,1-3H3. The number of nitrogens with zero attached hydrogens (tertiary/aromatic N) is 1. The quantitative estimate of drug-likeness (QED) is 0.868. The molecule has 1 aromatic rings. The molecular weight excluding hydrogens is 264 g/mol. The Morgan fingerprint density at radius 2 is 2.10 bits per heavy atom. The second-order valence-electron chi connectivity index (χ2n) is 6.12. The van der Waals surface area contributed by atoms with Crippen molar-refractivity contribution in [3.05, 3.63) is 35.9 Å². The molecule has 0 radical (unpaired) electrons. The molecule has 1 aliphatic heterocycles.